The molecule has 1 heterocycles. The number of rotatable bonds is 6. The fourth-order valence-corrected chi connectivity index (χ4v) is 3.46. The van der Waals surface area contributed by atoms with Crippen molar-refractivity contribution in [2.24, 2.45) is 0 Å². The molecule has 1 aliphatic heterocycles. The number of ketones is 1. The van der Waals surface area contributed by atoms with Crippen molar-refractivity contribution >= 4 is 28.7 Å². The van der Waals surface area contributed by atoms with Gasteiger partial charge >= 0.3 is 5.97 Å². The number of methoxy groups -OCH3 is 1. The van der Waals surface area contributed by atoms with E-state index in [-0.39, 0.29) is 17.9 Å². The molecule has 7 nitrogen and oxygen atoms in total. The molecule has 0 unspecified atom stereocenters. The maximum atomic E-state index is 12.6. The normalized spacial score (nSPS) is 15.0. The van der Waals surface area contributed by atoms with Crippen LogP contribution >= 0.6 is 0 Å². The first-order valence-corrected chi connectivity index (χ1v) is 9.60. The van der Waals surface area contributed by atoms with Gasteiger partial charge in [-0.25, -0.2) is 0 Å². The van der Waals surface area contributed by atoms with E-state index in [1.54, 1.807) is 18.2 Å². The standard InChI is InChI=1S/C24H22N2O5/c1-16(27)24(18-9-11-20(12-10-18)26(29)30)19-13-21(15-23(28)31-3)25(2)22(14-19)17-7-5-4-6-8-17/h4-14H,15H2,1-3H3. The number of non-ortho nitro benzene ring substituents is 1. The summed E-state index contributed by atoms with van der Waals surface area (Å²) in [4.78, 5) is 37.0. The maximum absolute atomic E-state index is 12.6. The highest BCUT2D eigenvalue weighted by atomic mass is 16.6. The Morgan fingerprint density at radius 2 is 1.68 bits per heavy atom. The van der Waals surface area contributed by atoms with Crippen molar-refractivity contribution in [2.45, 2.75) is 13.3 Å². The Balaban J connectivity index is 2.21. The molecule has 0 bridgehead atoms. The Hall–Kier alpha value is -4.00. The quantitative estimate of drug-likeness (QED) is 0.299. The number of hydrogen-bond acceptors (Lipinski definition) is 6. The molecule has 7 heteroatoms. The predicted octanol–water partition coefficient (Wildman–Crippen LogP) is 4.37. The number of benzene rings is 2. The Morgan fingerprint density at radius 1 is 1.03 bits per heavy atom. The van der Waals surface area contributed by atoms with E-state index in [1.807, 2.05) is 48.4 Å². The average molecular weight is 418 g/mol. The second-order valence-electron chi connectivity index (χ2n) is 7.03. The van der Waals surface area contributed by atoms with Gasteiger partial charge in [-0.05, 0) is 47.9 Å². The number of hydrogen-bond donors (Lipinski definition) is 0. The van der Waals surface area contributed by atoms with Crippen LogP contribution in [0.4, 0.5) is 5.69 Å². The van der Waals surface area contributed by atoms with Crippen molar-refractivity contribution in [2.75, 3.05) is 14.2 Å². The zero-order chi connectivity index (χ0) is 22.5. The lowest BCUT2D eigenvalue weighted by molar-refractivity contribution is -0.384. The monoisotopic (exact) mass is 418 g/mol. The van der Waals surface area contributed by atoms with Crippen LogP contribution in [0.15, 0.2) is 78.0 Å². The van der Waals surface area contributed by atoms with Crippen LogP contribution in [0.5, 0.6) is 0 Å². The minimum atomic E-state index is -0.484. The van der Waals surface area contributed by atoms with E-state index in [1.165, 1.54) is 26.2 Å². The van der Waals surface area contributed by atoms with Crippen molar-refractivity contribution in [3.8, 4) is 0 Å². The molecule has 0 spiro atoms. The minimum absolute atomic E-state index is 0.0338. The molecular weight excluding hydrogens is 396 g/mol. The summed E-state index contributed by atoms with van der Waals surface area (Å²) in [6, 6.07) is 15.5. The molecule has 0 saturated heterocycles. The van der Waals surface area contributed by atoms with E-state index >= 15 is 0 Å². The minimum Gasteiger partial charge on any atom is -0.469 e. The van der Waals surface area contributed by atoms with E-state index in [0.29, 0.717) is 22.4 Å². The number of nitro groups is 1. The zero-order valence-electron chi connectivity index (χ0n) is 17.5. The van der Waals surface area contributed by atoms with Gasteiger partial charge in [-0.15, -0.1) is 0 Å². The summed E-state index contributed by atoms with van der Waals surface area (Å²) in [6.07, 6.45) is 3.70. The van der Waals surface area contributed by atoms with E-state index in [9.17, 15) is 19.7 Å². The number of allylic oxidation sites excluding steroid dienone is 4. The number of nitro benzene ring substituents is 1. The summed E-state index contributed by atoms with van der Waals surface area (Å²) in [5.74, 6) is -0.586. The largest absolute Gasteiger partial charge is 0.469 e. The van der Waals surface area contributed by atoms with Crippen LogP contribution < -0.4 is 0 Å². The molecule has 2 aromatic carbocycles. The molecule has 2 aromatic rings. The van der Waals surface area contributed by atoms with E-state index < -0.39 is 10.9 Å². The molecule has 0 aromatic heterocycles. The van der Waals surface area contributed by atoms with Crippen LogP contribution in [0.3, 0.4) is 0 Å². The third kappa shape index (κ3) is 4.78. The highest BCUT2D eigenvalue weighted by Crippen LogP contribution is 2.34. The lowest BCUT2D eigenvalue weighted by atomic mass is 9.92. The summed E-state index contributed by atoms with van der Waals surface area (Å²) >= 11 is 0. The van der Waals surface area contributed by atoms with Crippen LogP contribution in [0.2, 0.25) is 0 Å². The highest BCUT2D eigenvalue weighted by Gasteiger charge is 2.23. The molecule has 0 N–H and O–H groups in total. The molecule has 0 saturated carbocycles. The maximum Gasteiger partial charge on any atom is 0.311 e. The average Bonchev–Trinajstić information content (AvgIpc) is 2.76. The van der Waals surface area contributed by atoms with Gasteiger partial charge < -0.3 is 9.64 Å². The Morgan fingerprint density at radius 3 is 2.23 bits per heavy atom. The summed E-state index contributed by atoms with van der Waals surface area (Å²) in [5, 5.41) is 11.0. The first-order valence-electron chi connectivity index (χ1n) is 9.60. The van der Waals surface area contributed by atoms with Gasteiger partial charge in [-0.3, -0.25) is 19.7 Å². The number of ether oxygens (including phenoxy) is 1. The third-order valence-corrected chi connectivity index (χ3v) is 5.04. The molecule has 0 fully saturated rings. The topological polar surface area (TPSA) is 89.8 Å². The van der Waals surface area contributed by atoms with Gasteiger partial charge in [-0.1, -0.05) is 30.3 Å². The molecule has 0 radical (unpaired) electrons. The van der Waals surface area contributed by atoms with Crippen molar-refractivity contribution in [3.05, 3.63) is 99.3 Å². The smallest absolute Gasteiger partial charge is 0.311 e. The molecule has 3 rings (SSSR count). The molecular formula is C24H22N2O5. The zero-order valence-corrected chi connectivity index (χ0v) is 17.5. The number of esters is 1. The van der Waals surface area contributed by atoms with Crippen LogP contribution in [0, 0.1) is 10.1 Å². The van der Waals surface area contributed by atoms with Crippen LogP contribution in [0.25, 0.3) is 11.3 Å². The predicted molar refractivity (Wildman–Crippen MR) is 118 cm³/mol. The molecule has 31 heavy (non-hydrogen) atoms. The number of Topliss-reactive ketones (excluding diaryl/α,β-unsaturated/α-hetero) is 1. The summed E-state index contributed by atoms with van der Waals surface area (Å²) in [6.45, 7) is 1.45. The van der Waals surface area contributed by atoms with Gasteiger partial charge in [0, 0.05) is 36.1 Å². The van der Waals surface area contributed by atoms with Crippen LogP contribution in [-0.2, 0) is 14.3 Å². The van der Waals surface area contributed by atoms with E-state index in [2.05, 4.69) is 0 Å². The molecule has 158 valence electrons. The first-order chi connectivity index (χ1) is 14.8. The molecule has 0 amide bonds. The third-order valence-electron chi connectivity index (χ3n) is 5.04. The molecule has 1 aliphatic rings. The highest BCUT2D eigenvalue weighted by molar-refractivity contribution is 6.21. The van der Waals surface area contributed by atoms with Gasteiger partial charge in [0.1, 0.15) is 0 Å². The van der Waals surface area contributed by atoms with Crippen molar-refractivity contribution < 1.29 is 19.2 Å². The van der Waals surface area contributed by atoms with Gasteiger partial charge in [0.2, 0.25) is 0 Å². The molecule has 0 aliphatic carbocycles. The number of nitrogens with zero attached hydrogens (tertiary/aromatic N) is 2. The molecule has 0 atom stereocenters. The van der Waals surface area contributed by atoms with Crippen molar-refractivity contribution in [3.63, 3.8) is 0 Å². The van der Waals surface area contributed by atoms with Gasteiger partial charge in [0.25, 0.3) is 5.69 Å². The van der Waals surface area contributed by atoms with Gasteiger partial charge in [0.15, 0.2) is 5.78 Å². The Kier molecular flexibility index (Phi) is 6.45. The summed E-state index contributed by atoms with van der Waals surface area (Å²) < 4.78 is 4.83. The van der Waals surface area contributed by atoms with E-state index in [4.69, 9.17) is 4.74 Å². The second-order valence-corrected chi connectivity index (χ2v) is 7.03. The van der Waals surface area contributed by atoms with Crippen molar-refractivity contribution in [1.82, 2.24) is 4.90 Å². The van der Waals surface area contributed by atoms with Gasteiger partial charge in [0.05, 0.1) is 18.5 Å². The van der Waals surface area contributed by atoms with E-state index in [0.717, 1.165) is 11.3 Å². The SMILES string of the molecule is COC(=O)CC1=CC(=C(C(C)=O)c2ccc([N+](=O)[O-])cc2)C=C(c2ccccc2)N1C. The summed E-state index contributed by atoms with van der Waals surface area (Å²) in [5.41, 5.74) is 3.96. The Labute approximate surface area is 180 Å². The number of carbonyl (C=O) groups is 2. The van der Waals surface area contributed by atoms with Crippen LogP contribution in [-0.4, -0.2) is 35.7 Å². The van der Waals surface area contributed by atoms with Crippen LogP contribution in [0.1, 0.15) is 24.5 Å². The van der Waals surface area contributed by atoms with Crippen molar-refractivity contribution in [1.29, 1.82) is 0 Å². The lowest BCUT2D eigenvalue weighted by Gasteiger charge is -2.30. The first kappa shape index (κ1) is 21.7. The van der Waals surface area contributed by atoms with Gasteiger partial charge in [-0.2, -0.15) is 0 Å². The fraction of sp³-hybridized carbons (Fsp3) is 0.167. The Bertz CT molecular complexity index is 1110. The lowest BCUT2D eigenvalue weighted by Crippen LogP contribution is -2.22. The second kappa shape index (κ2) is 9.21. The fourth-order valence-electron chi connectivity index (χ4n) is 3.46. The number of carbonyl (C=O) groups excluding carboxylic acids is 2. The summed E-state index contributed by atoms with van der Waals surface area (Å²) in [7, 11) is 3.18.